The Bertz CT molecular complexity index is 988. The lowest BCUT2D eigenvalue weighted by Crippen LogP contribution is -2.35. The van der Waals surface area contributed by atoms with Crippen LogP contribution in [0.5, 0.6) is 0 Å². The van der Waals surface area contributed by atoms with E-state index in [-0.39, 0.29) is 23.7 Å². The monoisotopic (exact) mass is 395 g/mol. The lowest BCUT2D eigenvalue weighted by Gasteiger charge is -2.33. The van der Waals surface area contributed by atoms with Gasteiger partial charge in [0.25, 0.3) is 0 Å². The van der Waals surface area contributed by atoms with Crippen LogP contribution >= 0.6 is 0 Å². The van der Waals surface area contributed by atoms with E-state index in [2.05, 4.69) is 17.2 Å². The van der Waals surface area contributed by atoms with Crippen LogP contribution in [0.25, 0.3) is 11.1 Å². The molecule has 0 unspecified atom stereocenters. The molecule has 1 aliphatic carbocycles. The van der Waals surface area contributed by atoms with E-state index in [4.69, 9.17) is 0 Å². The van der Waals surface area contributed by atoms with Gasteiger partial charge in [-0.05, 0) is 54.0 Å². The zero-order chi connectivity index (χ0) is 20.7. The molecule has 2 aliphatic rings. The smallest absolute Gasteiger partial charge is 0.227 e. The van der Waals surface area contributed by atoms with Gasteiger partial charge in [0.1, 0.15) is 5.82 Å². The molecule has 2 aromatic rings. The van der Waals surface area contributed by atoms with E-state index in [9.17, 15) is 9.59 Å². The number of carbonyl (C=O) groups is 2. The average Bonchev–Trinajstić information content (AvgIpc) is 2.72. The Morgan fingerprint density at radius 1 is 1.24 bits per heavy atom. The van der Waals surface area contributed by atoms with Crippen LogP contribution in [0.2, 0.25) is 0 Å². The predicted molar refractivity (Wildman–Crippen MR) is 110 cm³/mol. The molecule has 0 spiro atoms. The number of pyridine rings is 1. The van der Waals surface area contributed by atoms with Gasteiger partial charge in [0, 0.05) is 49.1 Å². The predicted octanol–water partition coefficient (Wildman–Crippen LogP) is 3.95. The molecule has 0 saturated heterocycles. The van der Waals surface area contributed by atoms with Crippen LogP contribution in [0.1, 0.15) is 55.8 Å². The van der Waals surface area contributed by atoms with E-state index >= 15 is 4.39 Å². The molecule has 4 rings (SSSR count). The fourth-order valence-corrected chi connectivity index (χ4v) is 4.49. The molecule has 5 nitrogen and oxygen atoms in total. The topological polar surface area (TPSA) is 62.3 Å². The molecule has 0 radical (unpaired) electrons. The highest BCUT2D eigenvalue weighted by Gasteiger charge is 2.31. The molecule has 29 heavy (non-hydrogen) atoms. The van der Waals surface area contributed by atoms with Crippen molar-refractivity contribution >= 4 is 17.5 Å². The maximum absolute atomic E-state index is 15.1. The van der Waals surface area contributed by atoms with Gasteiger partial charge in [0.2, 0.25) is 11.8 Å². The average molecular weight is 395 g/mol. The van der Waals surface area contributed by atoms with Crippen LogP contribution in [-0.2, 0) is 22.4 Å². The van der Waals surface area contributed by atoms with Crippen molar-refractivity contribution in [3.05, 3.63) is 47.0 Å². The highest BCUT2D eigenvalue weighted by molar-refractivity contribution is 5.96. The van der Waals surface area contributed by atoms with Crippen molar-refractivity contribution in [2.24, 2.45) is 5.92 Å². The first-order chi connectivity index (χ1) is 13.9. The number of hydrogen-bond donors (Lipinski definition) is 1. The fraction of sp³-hybridized carbons (Fsp3) is 0.435. The van der Waals surface area contributed by atoms with E-state index in [0.29, 0.717) is 36.4 Å². The molecule has 1 aromatic heterocycles. The Balaban J connectivity index is 1.80. The third kappa shape index (κ3) is 3.41. The van der Waals surface area contributed by atoms with E-state index in [1.807, 2.05) is 13.0 Å². The molecule has 0 bridgehead atoms. The summed E-state index contributed by atoms with van der Waals surface area (Å²) < 4.78 is 15.1. The Kier molecular flexibility index (Phi) is 5.11. The summed E-state index contributed by atoms with van der Waals surface area (Å²) in [4.78, 5) is 29.9. The second-order valence-corrected chi connectivity index (χ2v) is 8.08. The van der Waals surface area contributed by atoms with Gasteiger partial charge >= 0.3 is 0 Å². The van der Waals surface area contributed by atoms with E-state index in [1.165, 1.54) is 11.0 Å². The quantitative estimate of drug-likeness (QED) is 0.856. The molecule has 2 amide bonds. The van der Waals surface area contributed by atoms with Crippen molar-refractivity contribution < 1.29 is 14.0 Å². The highest BCUT2D eigenvalue weighted by atomic mass is 19.1. The van der Waals surface area contributed by atoms with E-state index in [1.54, 1.807) is 19.4 Å². The molecule has 152 valence electrons. The number of halogens is 1. The zero-order valence-electron chi connectivity index (χ0n) is 17.1. The molecule has 0 saturated carbocycles. The Hall–Kier alpha value is -2.76. The molecule has 1 aliphatic heterocycles. The van der Waals surface area contributed by atoms with Gasteiger partial charge in [0.05, 0.1) is 6.04 Å². The number of hydrogen-bond acceptors (Lipinski definition) is 3. The zero-order valence-corrected chi connectivity index (χ0v) is 17.1. The van der Waals surface area contributed by atoms with Crippen LogP contribution in [0.4, 0.5) is 10.1 Å². The molecular weight excluding hydrogens is 369 g/mol. The highest BCUT2D eigenvalue weighted by Crippen LogP contribution is 2.41. The Morgan fingerprint density at radius 2 is 2.03 bits per heavy atom. The molecule has 2 heterocycles. The van der Waals surface area contributed by atoms with Crippen molar-refractivity contribution in [1.82, 2.24) is 10.3 Å². The number of aryl methyl sites for hydroxylation is 1. The summed E-state index contributed by atoms with van der Waals surface area (Å²) in [6, 6.07) is 3.22. The molecule has 1 N–H and O–H groups in total. The van der Waals surface area contributed by atoms with Crippen molar-refractivity contribution in [3.8, 4) is 11.1 Å². The molecule has 6 heteroatoms. The molecule has 1 aromatic carbocycles. The van der Waals surface area contributed by atoms with Gasteiger partial charge in [-0.3, -0.25) is 14.6 Å². The van der Waals surface area contributed by atoms with Crippen LogP contribution in [0, 0.1) is 11.7 Å². The van der Waals surface area contributed by atoms with Gasteiger partial charge in [0.15, 0.2) is 0 Å². The maximum atomic E-state index is 15.1. The summed E-state index contributed by atoms with van der Waals surface area (Å²) >= 11 is 0. The summed E-state index contributed by atoms with van der Waals surface area (Å²) in [6.07, 6.45) is 6.73. The SMILES string of the molecule is CCC(=O)N[C@H]1c2cncc(-c3cc4c(cc3F)N(C)C(=O)CC4)c2CC[C@@H]1C. The second kappa shape index (κ2) is 7.58. The fourth-order valence-electron chi connectivity index (χ4n) is 4.49. The number of benzene rings is 1. The van der Waals surface area contributed by atoms with E-state index < -0.39 is 0 Å². The first-order valence-corrected chi connectivity index (χ1v) is 10.3. The normalized spacial score (nSPS) is 20.8. The number of carbonyl (C=O) groups excluding carboxylic acids is 2. The number of nitrogens with zero attached hydrogens (tertiary/aromatic N) is 2. The summed E-state index contributed by atoms with van der Waals surface area (Å²) in [6.45, 7) is 3.96. The minimum absolute atomic E-state index is 0.00639. The number of nitrogens with one attached hydrogen (secondary N) is 1. The summed E-state index contributed by atoms with van der Waals surface area (Å²) in [5, 5.41) is 3.11. The summed E-state index contributed by atoms with van der Waals surface area (Å²) in [7, 11) is 1.69. The number of anilines is 1. The molecule has 2 atom stereocenters. The Morgan fingerprint density at radius 3 is 2.79 bits per heavy atom. The minimum atomic E-state index is -0.353. The van der Waals surface area contributed by atoms with Gasteiger partial charge in [-0.2, -0.15) is 0 Å². The third-order valence-electron chi connectivity index (χ3n) is 6.28. The minimum Gasteiger partial charge on any atom is -0.349 e. The van der Waals surface area contributed by atoms with Gasteiger partial charge in [-0.15, -0.1) is 0 Å². The summed E-state index contributed by atoms with van der Waals surface area (Å²) in [5.74, 6) is -0.0453. The van der Waals surface area contributed by atoms with Gasteiger partial charge in [-0.25, -0.2) is 4.39 Å². The standard InChI is InChI=1S/C23H26FN3O2/c1-4-21(28)26-23-13(2)5-7-15-17(11-25-12-18(15)23)16-9-14-6-8-22(29)27(3)20(14)10-19(16)24/h9-13,23H,4-8H2,1-3H3,(H,26,28)/t13-,23+/m0/s1. The number of fused-ring (bicyclic) bond motifs is 2. The lowest BCUT2D eigenvalue weighted by molar-refractivity contribution is -0.122. The van der Waals surface area contributed by atoms with Crippen molar-refractivity contribution in [2.75, 3.05) is 11.9 Å². The second-order valence-electron chi connectivity index (χ2n) is 8.08. The van der Waals surface area contributed by atoms with Crippen molar-refractivity contribution in [2.45, 2.75) is 52.0 Å². The van der Waals surface area contributed by atoms with Gasteiger partial charge in [-0.1, -0.05) is 13.8 Å². The Labute approximate surface area is 170 Å². The van der Waals surface area contributed by atoms with Crippen LogP contribution in [-0.4, -0.2) is 23.8 Å². The third-order valence-corrected chi connectivity index (χ3v) is 6.28. The first-order valence-electron chi connectivity index (χ1n) is 10.3. The summed E-state index contributed by atoms with van der Waals surface area (Å²) in [5.41, 5.74) is 4.95. The first kappa shape index (κ1) is 19.6. The van der Waals surface area contributed by atoms with Gasteiger partial charge < -0.3 is 10.2 Å². The van der Waals surface area contributed by atoms with Crippen LogP contribution in [0.3, 0.4) is 0 Å². The van der Waals surface area contributed by atoms with Crippen LogP contribution < -0.4 is 10.2 Å². The van der Waals surface area contributed by atoms with Crippen molar-refractivity contribution in [3.63, 3.8) is 0 Å². The van der Waals surface area contributed by atoms with Crippen molar-refractivity contribution in [1.29, 1.82) is 0 Å². The number of aromatic nitrogens is 1. The lowest BCUT2D eigenvalue weighted by atomic mass is 9.78. The maximum Gasteiger partial charge on any atom is 0.227 e. The number of rotatable bonds is 3. The van der Waals surface area contributed by atoms with E-state index in [0.717, 1.165) is 35.1 Å². The number of amides is 2. The molecule has 0 fully saturated rings. The molecular formula is C23H26FN3O2. The van der Waals surface area contributed by atoms with Crippen LogP contribution in [0.15, 0.2) is 24.5 Å². The largest absolute Gasteiger partial charge is 0.349 e.